The summed E-state index contributed by atoms with van der Waals surface area (Å²) in [5.74, 6) is 0.114. The summed E-state index contributed by atoms with van der Waals surface area (Å²) < 4.78 is 1.95. The largest absolute Gasteiger partial charge is 0.352 e. The van der Waals surface area contributed by atoms with Crippen LogP contribution in [0.5, 0.6) is 0 Å². The van der Waals surface area contributed by atoms with Gasteiger partial charge in [-0.05, 0) is 37.1 Å². The molecule has 1 aliphatic rings. The minimum Gasteiger partial charge on any atom is -0.352 e. The highest BCUT2D eigenvalue weighted by Crippen LogP contribution is 2.09. The fourth-order valence-electron chi connectivity index (χ4n) is 2.49. The van der Waals surface area contributed by atoms with Crippen LogP contribution in [0.1, 0.15) is 24.8 Å². The summed E-state index contributed by atoms with van der Waals surface area (Å²) >= 11 is 0. The van der Waals surface area contributed by atoms with E-state index in [1.807, 2.05) is 28.9 Å². The third-order valence-electron chi connectivity index (χ3n) is 3.55. The Hall–Kier alpha value is -1.88. The van der Waals surface area contributed by atoms with Crippen molar-refractivity contribution < 1.29 is 4.79 Å². The Morgan fingerprint density at radius 2 is 2.47 bits per heavy atom. The first kappa shape index (κ1) is 12.2. The van der Waals surface area contributed by atoms with Gasteiger partial charge in [-0.25, -0.2) is 4.98 Å². The lowest BCUT2D eigenvalue weighted by atomic mass is 10.1. The molecule has 3 rings (SSSR count). The number of amides is 1. The topological polar surface area (TPSA) is 58.4 Å². The molecule has 1 amide bonds. The Morgan fingerprint density at radius 3 is 3.32 bits per heavy atom. The zero-order valence-corrected chi connectivity index (χ0v) is 10.8. The molecule has 1 fully saturated rings. The number of imidazole rings is 1. The molecule has 5 nitrogen and oxygen atoms in total. The molecule has 2 aromatic rings. The average Bonchev–Trinajstić information content (AvgIpc) is 3.06. The lowest BCUT2D eigenvalue weighted by Crippen LogP contribution is -2.31. The number of aromatic nitrogens is 2. The van der Waals surface area contributed by atoms with Crippen molar-refractivity contribution in [1.29, 1.82) is 0 Å². The fourth-order valence-corrected chi connectivity index (χ4v) is 2.49. The highest BCUT2D eigenvalue weighted by molar-refractivity contribution is 5.76. The molecule has 5 heteroatoms. The van der Waals surface area contributed by atoms with Crippen LogP contribution in [0, 0.1) is 0 Å². The van der Waals surface area contributed by atoms with Gasteiger partial charge in [0.2, 0.25) is 5.91 Å². The Bertz CT molecular complexity index is 572. The standard InChI is InChI=1S/C14H18N4O/c19-14(9-12-2-1-4-15-12)17-10-11-3-6-18-7-5-16-13(18)8-11/h3,5-8,12,15H,1-2,4,9-10H2,(H,17,19). The van der Waals surface area contributed by atoms with Crippen molar-refractivity contribution >= 4 is 11.6 Å². The summed E-state index contributed by atoms with van der Waals surface area (Å²) in [6.45, 7) is 1.60. The fraction of sp³-hybridized carbons (Fsp3) is 0.429. The normalized spacial score (nSPS) is 18.8. The predicted octanol–water partition coefficient (Wildman–Crippen LogP) is 1.09. The minimum absolute atomic E-state index is 0.114. The Balaban J connectivity index is 1.54. The van der Waals surface area contributed by atoms with Crippen molar-refractivity contribution in [2.75, 3.05) is 6.54 Å². The molecule has 0 radical (unpaired) electrons. The number of fused-ring (bicyclic) bond motifs is 1. The maximum Gasteiger partial charge on any atom is 0.221 e. The van der Waals surface area contributed by atoms with E-state index in [-0.39, 0.29) is 5.91 Å². The quantitative estimate of drug-likeness (QED) is 0.863. The van der Waals surface area contributed by atoms with Crippen LogP contribution in [-0.4, -0.2) is 27.9 Å². The lowest BCUT2D eigenvalue weighted by Gasteiger charge is -2.10. The Kier molecular flexibility index (Phi) is 3.46. The summed E-state index contributed by atoms with van der Waals surface area (Å²) in [6, 6.07) is 4.35. The zero-order chi connectivity index (χ0) is 13.1. The molecular weight excluding hydrogens is 240 g/mol. The number of pyridine rings is 1. The van der Waals surface area contributed by atoms with E-state index in [0.717, 1.165) is 24.2 Å². The van der Waals surface area contributed by atoms with Gasteiger partial charge in [-0.2, -0.15) is 0 Å². The summed E-state index contributed by atoms with van der Waals surface area (Å²) in [7, 11) is 0. The molecule has 0 aliphatic carbocycles. The minimum atomic E-state index is 0.114. The van der Waals surface area contributed by atoms with Crippen LogP contribution in [0.2, 0.25) is 0 Å². The van der Waals surface area contributed by atoms with E-state index in [0.29, 0.717) is 19.0 Å². The Morgan fingerprint density at radius 1 is 1.53 bits per heavy atom. The van der Waals surface area contributed by atoms with E-state index in [1.54, 1.807) is 6.20 Å². The van der Waals surface area contributed by atoms with Gasteiger partial charge >= 0.3 is 0 Å². The molecule has 1 unspecified atom stereocenters. The van der Waals surface area contributed by atoms with Gasteiger partial charge in [0, 0.05) is 37.6 Å². The highest BCUT2D eigenvalue weighted by Gasteiger charge is 2.17. The smallest absolute Gasteiger partial charge is 0.221 e. The van der Waals surface area contributed by atoms with Gasteiger partial charge in [0.1, 0.15) is 5.65 Å². The lowest BCUT2D eigenvalue weighted by molar-refractivity contribution is -0.121. The molecule has 0 bridgehead atoms. The second-order valence-corrected chi connectivity index (χ2v) is 5.00. The van der Waals surface area contributed by atoms with Crippen LogP contribution in [0.25, 0.3) is 5.65 Å². The first-order valence-electron chi connectivity index (χ1n) is 6.73. The van der Waals surface area contributed by atoms with E-state index in [9.17, 15) is 4.79 Å². The number of nitrogens with one attached hydrogen (secondary N) is 2. The molecule has 2 N–H and O–H groups in total. The van der Waals surface area contributed by atoms with Crippen LogP contribution in [0.4, 0.5) is 0 Å². The third-order valence-corrected chi connectivity index (χ3v) is 3.55. The van der Waals surface area contributed by atoms with Crippen molar-refractivity contribution in [3.8, 4) is 0 Å². The molecule has 2 aromatic heterocycles. The van der Waals surface area contributed by atoms with Gasteiger partial charge in [0.05, 0.1) is 0 Å². The molecule has 1 saturated heterocycles. The number of nitrogens with zero attached hydrogens (tertiary/aromatic N) is 2. The monoisotopic (exact) mass is 258 g/mol. The van der Waals surface area contributed by atoms with Gasteiger partial charge in [-0.15, -0.1) is 0 Å². The number of carbonyl (C=O) groups excluding carboxylic acids is 1. The van der Waals surface area contributed by atoms with E-state index < -0.39 is 0 Å². The zero-order valence-electron chi connectivity index (χ0n) is 10.8. The van der Waals surface area contributed by atoms with Gasteiger partial charge in [-0.3, -0.25) is 4.79 Å². The van der Waals surface area contributed by atoms with Gasteiger partial charge in [0.25, 0.3) is 0 Å². The summed E-state index contributed by atoms with van der Waals surface area (Å²) in [5, 5.41) is 6.30. The first-order chi connectivity index (χ1) is 9.31. The molecule has 1 atom stereocenters. The van der Waals surface area contributed by atoms with Crippen molar-refractivity contribution in [2.45, 2.75) is 31.8 Å². The van der Waals surface area contributed by atoms with Crippen LogP contribution in [-0.2, 0) is 11.3 Å². The van der Waals surface area contributed by atoms with Crippen LogP contribution >= 0.6 is 0 Å². The van der Waals surface area contributed by atoms with Crippen molar-refractivity contribution in [3.63, 3.8) is 0 Å². The number of hydrogen-bond acceptors (Lipinski definition) is 3. The van der Waals surface area contributed by atoms with Crippen molar-refractivity contribution in [2.24, 2.45) is 0 Å². The number of carbonyl (C=O) groups is 1. The Labute approximate surface area is 112 Å². The molecule has 3 heterocycles. The van der Waals surface area contributed by atoms with Gasteiger partial charge in [-0.1, -0.05) is 0 Å². The molecular formula is C14H18N4O. The van der Waals surface area contributed by atoms with Crippen molar-refractivity contribution in [1.82, 2.24) is 20.0 Å². The van der Waals surface area contributed by atoms with E-state index in [1.165, 1.54) is 6.42 Å². The molecule has 0 aromatic carbocycles. The molecule has 19 heavy (non-hydrogen) atoms. The summed E-state index contributed by atoms with van der Waals surface area (Å²) in [6.07, 6.45) is 8.49. The maximum absolute atomic E-state index is 11.8. The number of rotatable bonds is 4. The van der Waals surface area contributed by atoms with Crippen LogP contribution in [0.15, 0.2) is 30.7 Å². The van der Waals surface area contributed by atoms with Gasteiger partial charge < -0.3 is 15.0 Å². The predicted molar refractivity (Wildman–Crippen MR) is 72.7 cm³/mol. The summed E-state index contributed by atoms with van der Waals surface area (Å²) in [4.78, 5) is 16.0. The molecule has 0 saturated carbocycles. The maximum atomic E-state index is 11.8. The van der Waals surface area contributed by atoms with E-state index in [4.69, 9.17) is 0 Å². The average molecular weight is 258 g/mol. The molecule has 100 valence electrons. The second-order valence-electron chi connectivity index (χ2n) is 5.00. The highest BCUT2D eigenvalue weighted by atomic mass is 16.1. The summed E-state index contributed by atoms with van der Waals surface area (Å²) in [5.41, 5.74) is 1.98. The van der Waals surface area contributed by atoms with E-state index in [2.05, 4.69) is 15.6 Å². The first-order valence-corrected chi connectivity index (χ1v) is 6.73. The van der Waals surface area contributed by atoms with Gasteiger partial charge in [0.15, 0.2) is 0 Å². The third kappa shape index (κ3) is 2.93. The molecule has 1 aliphatic heterocycles. The van der Waals surface area contributed by atoms with Crippen LogP contribution in [0.3, 0.4) is 0 Å². The number of hydrogen-bond donors (Lipinski definition) is 2. The van der Waals surface area contributed by atoms with E-state index >= 15 is 0 Å². The van der Waals surface area contributed by atoms with Crippen LogP contribution < -0.4 is 10.6 Å². The molecule has 0 spiro atoms. The SMILES string of the molecule is O=C(CC1CCCN1)NCc1ccn2ccnc2c1. The second kappa shape index (κ2) is 5.40. The van der Waals surface area contributed by atoms with Crippen molar-refractivity contribution in [3.05, 3.63) is 36.3 Å².